The summed E-state index contributed by atoms with van der Waals surface area (Å²) in [5, 5.41) is 0.776. The molecule has 0 bridgehead atoms. The number of rotatable bonds is 3. The molecule has 6 nitrogen and oxygen atoms in total. The first kappa shape index (κ1) is 15.0. The summed E-state index contributed by atoms with van der Waals surface area (Å²) in [7, 11) is -6.98. The van der Waals surface area contributed by atoms with Crippen molar-refractivity contribution in [2.24, 2.45) is 4.99 Å². The number of thiophene rings is 1. The third-order valence-corrected chi connectivity index (χ3v) is 9.49. The third kappa shape index (κ3) is 2.62. The van der Waals surface area contributed by atoms with Gasteiger partial charge in [-0.05, 0) is 18.4 Å². The lowest BCUT2D eigenvalue weighted by Crippen LogP contribution is -2.47. The summed E-state index contributed by atoms with van der Waals surface area (Å²) < 4.78 is 49.7. The van der Waals surface area contributed by atoms with Gasteiger partial charge in [0.25, 0.3) is 0 Å². The number of amidine groups is 1. The molecule has 21 heavy (non-hydrogen) atoms. The van der Waals surface area contributed by atoms with Gasteiger partial charge < -0.3 is 4.90 Å². The van der Waals surface area contributed by atoms with Gasteiger partial charge in [-0.3, -0.25) is 4.99 Å². The predicted octanol–water partition coefficient (Wildman–Crippen LogP) is 0.421. The lowest BCUT2D eigenvalue weighted by molar-refractivity contribution is 0.360. The fourth-order valence-corrected chi connectivity index (χ4v) is 8.93. The van der Waals surface area contributed by atoms with E-state index in [0.29, 0.717) is 13.1 Å². The molecule has 0 amide bonds. The molecule has 1 fully saturated rings. The Bertz CT molecular complexity index is 765. The van der Waals surface area contributed by atoms with Gasteiger partial charge in [-0.1, -0.05) is 6.07 Å². The summed E-state index contributed by atoms with van der Waals surface area (Å²) >= 11 is 1.13. The van der Waals surface area contributed by atoms with Crippen LogP contribution in [0, 0.1) is 0 Å². The van der Waals surface area contributed by atoms with Crippen LogP contribution in [0.1, 0.15) is 6.92 Å². The number of hydrogen-bond donors (Lipinski definition) is 0. The van der Waals surface area contributed by atoms with E-state index >= 15 is 0 Å². The highest BCUT2D eigenvalue weighted by Crippen LogP contribution is 2.31. The highest BCUT2D eigenvalue weighted by Gasteiger charge is 2.49. The van der Waals surface area contributed by atoms with Crippen LogP contribution in [0.15, 0.2) is 26.7 Å². The van der Waals surface area contributed by atoms with Crippen LogP contribution in [0.5, 0.6) is 0 Å². The Kier molecular flexibility index (Phi) is 3.61. The van der Waals surface area contributed by atoms with E-state index in [2.05, 4.69) is 4.99 Å². The molecular weight excluding hydrogens is 332 g/mol. The van der Waals surface area contributed by atoms with Crippen LogP contribution in [0.3, 0.4) is 0 Å². The molecule has 2 aliphatic rings. The molecule has 9 heteroatoms. The zero-order chi connectivity index (χ0) is 15.3. The molecule has 2 atom stereocenters. The summed E-state index contributed by atoms with van der Waals surface area (Å²) in [6.45, 7) is 2.98. The summed E-state index contributed by atoms with van der Waals surface area (Å²) in [6, 6.07) is 2.67. The third-order valence-electron chi connectivity index (χ3n) is 3.94. The number of nitrogens with zero attached hydrogens (tertiary/aromatic N) is 2. The maximum absolute atomic E-state index is 12.7. The van der Waals surface area contributed by atoms with Crippen LogP contribution < -0.4 is 0 Å². The van der Waals surface area contributed by atoms with Crippen LogP contribution in [0.25, 0.3) is 0 Å². The predicted molar refractivity (Wildman–Crippen MR) is 82.4 cm³/mol. The molecule has 0 spiro atoms. The molecule has 0 unspecified atom stereocenters. The number of hydrogen-bond acceptors (Lipinski definition) is 7. The molecule has 3 heterocycles. The average molecular weight is 348 g/mol. The molecule has 116 valence electrons. The Balaban J connectivity index is 2.01. The van der Waals surface area contributed by atoms with E-state index in [1.165, 1.54) is 6.07 Å². The van der Waals surface area contributed by atoms with Gasteiger partial charge in [-0.25, -0.2) is 16.8 Å². The largest absolute Gasteiger partial charge is 0.353 e. The van der Waals surface area contributed by atoms with Crippen molar-refractivity contribution in [3.63, 3.8) is 0 Å². The Morgan fingerprint density at radius 1 is 1.38 bits per heavy atom. The monoisotopic (exact) mass is 348 g/mol. The molecule has 1 aromatic heterocycles. The average Bonchev–Trinajstić information content (AvgIpc) is 3.08. The topological polar surface area (TPSA) is 83.9 Å². The molecule has 0 saturated carbocycles. The fourth-order valence-electron chi connectivity index (χ4n) is 2.94. The minimum atomic E-state index is -3.63. The molecule has 2 aliphatic heterocycles. The molecule has 0 aliphatic carbocycles. The van der Waals surface area contributed by atoms with Crippen molar-refractivity contribution in [3.8, 4) is 0 Å². The lowest BCUT2D eigenvalue weighted by Gasteiger charge is -2.29. The molecule has 1 saturated heterocycles. The highest BCUT2D eigenvalue weighted by atomic mass is 32.2. The zero-order valence-electron chi connectivity index (χ0n) is 11.5. The number of sulfone groups is 2. The second kappa shape index (κ2) is 5.06. The van der Waals surface area contributed by atoms with Gasteiger partial charge >= 0.3 is 0 Å². The van der Waals surface area contributed by atoms with E-state index < -0.39 is 31.0 Å². The first-order valence-corrected chi connectivity index (χ1v) is 10.8. The normalized spacial score (nSPS) is 28.8. The standard InChI is InChI=1S/C12H16N2O4S3/c1-9-13-4-5-14(9)10-7-20(15,16)8-11(10)21(17,18)12-3-2-6-19-12/h2-3,6,10-11H,4-5,7-8H2,1H3/t10-,11-/m0/s1. The van der Waals surface area contributed by atoms with Gasteiger partial charge in [0.15, 0.2) is 19.7 Å². The van der Waals surface area contributed by atoms with Gasteiger partial charge in [0.1, 0.15) is 9.46 Å². The molecule has 1 aromatic rings. The molecule has 3 rings (SSSR count). The van der Waals surface area contributed by atoms with Gasteiger partial charge in [0, 0.05) is 6.54 Å². The second-order valence-electron chi connectivity index (χ2n) is 5.28. The van der Waals surface area contributed by atoms with E-state index in [9.17, 15) is 16.8 Å². The van der Waals surface area contributed by atoms with E-state index in [0.717, 1.165) is 17.2 Å². The Morgan fingerprint density at radius 3 is 2.71 bits per heavy atom. The summed E-state index contributed by atoms with van der Waals surface area (Å²) in [5.74, 6) is 0.306. The highest BCUT2D eigenvalue weighted by molar-refractivity contribution is 7.97. The van der Waals surface area contributed by atoms with E-state index in [1.54, 1.807) is 18.4 Å². The van der Waals surface area contributed by atoms with Crippen LogP contribution in [0.4, 0.5) is 0 Å². The van der Waals surface area contributed by atoms with E-state index in [4.69, 9.17) is 0 Å². The Hall–Kier alpha value is -0.930. The summed E-state index contributed by atoms with van der Waals surface area (Å²) in [5.41, 5.74) is 0. The lowest BCUT2D eigenvalue weighted by atomic mass is 10.2. The minimum Gasteiger partial charge on any atom is -0.353 e. The van der Waals surface area contributed by atoms with Crippen molar-refractivity contribution in [2.45, 2.75) is 22.4 Å². The van der Waals surface area contributed by atoms with Crippen molar-refractivity contribution < 1.29 is 16.8 Å². The van der Waals surface area contributed by atoms with Crippen molar-refractivity contribution in [1.82, 2.24) is 4.90 Å². The minimum absolute atomic E-state index is 0.116. The van der Waals surface area contributed by atoms with E-state index in [1.807, 2.05) is 4.90 Å². The quantitative estimate of drug-likeness (QED) is 0.790. The van der Waals surface area contributed by atoms with Crippen LogP contribution in [-0.2, 0) is 19.7 Å². The molecular formula is C12H16N2O4S3. The first-order chi connectivity index (χ1) is 9.81. The summed E-state index contributed by atoms with van der Waals surface area (Å²) in [4.78, 5) is 6.08. The van der Waals surface area contributed by atoms with Crippen molar-refractivity contribution in [2.75, 3.05) is 24.6 Å². The van der Waals surface area contributed by atoms with Gasteiger partial charge in [-0.2, -0.15) is 0 Å². The van der Waals surface area contributed by atoms with Gasteiger partial charge in [-0.15, -0.1) is 11.3 Å². The smallest absolute Gasteiger partial charge is 0.193 e. The van der Waals surface area contributed by atoms with Crippen LogP contribution in [0.2, 0.25) is 0 Å². The molecule has 0 N–H and O–H groups in total. The van der Waals surface area contributed by atoms with Crippen molar-refractivity contribution >= 4 is 36.8 Å². The fraction of sp³-hybridized carbons (Fsp3) is 0.583. The summed E-state index contributed by atoms with van der Waals surface area (Å²) in [6.07, 6.45) is 0. The van der Waals surface area contributed by atoms with Gasteiger partial charge in [0.2, 0.25) is 0 Å². The Labute approximate surface area is 128 Å². The van der Waals surface area contributed by atoms with Crippen molar-refractivity contribution in [1.29, 1.82) is 0 Å². The zero-order valence-corrected chi connectivity index (χ0v) is 13.9. The van der Waals surface area contributed by atoms with Crippen LogP contribution >= 0.6 is 11.3 Å². The van der Waals surface area contributed by atoms with Crippen LogP contribution in [-0.4, -0.2) is 63.5 Å². The Morgan fingerprint density at radius 2 is 2.14 bits per heavy atom. The molecule has 0 aromatic carbocycles. The maximum atomic E-state index is 12.7. The SMILES string of the molecule is CC1=NCCN1[C@H]1CS(=O)(=O)C[C@@H]1S(=O)(=O)c1cccs1. The van der Waals surface area contributed by atoms with Crippen molar-refractivity contribution in [3.05, 3.63) is 17.5 Å². The second-order valence-corrected chi connectivity index (χ2v) is 10.8. The first-order valence-electron chi connectivity index (χ1n) is 6.57. The van der Waals surface area contributed by atoms with Gasteiger partial charge in [0.05, 0.1) is 29.9 Å². The maximum Gasteiger partial charge on any atom is 0.193 e. The van der Waals surface area contributed by atoms with E-state index in [-0.39, 0.29) is 15.7 Å². The molecule has 0 radical (unpaired) electrons. The number of aliphatic imine (C=N–C) groups is 1.